The maximum atomic E-state index is 13.8. The van der Waals surface area contributed by atoms with Gasteiger partial charge >= 0.3 is 0 Å². The molecule has 2 amide bonds. The van der Waals surface area contributed by atoms with Crippen LogP contribution in [0.5, 0.6) is 0 Å². The van der Waals surface area contributed by atoms with Crippen LogP contribution in [0.1, 0.15) is 20.8 Å². The molecule has 0 aliphatic carbocycles. The van der Waals surface area contributed by atoms with Crippen LogP contribution in [-0.2, 0) is 0 Å². The topological polar surface area (TPSA) is 76.0 Å². The summed E-state index contributed by atoms with van der Waals surface area (Å²) < 4.78 is 15.9. The average Bonchev–Trinajstić information content (AvgIpc) is 3.15. The number of rotatable bonds is 6. The molecule has 0 spiro atoms. The lowest BCUT2D eigenvalue weighted by molar-refractivity contribution is 0.0925. The molecule has 1 aromatic heterocycles. The molecule has 27 heavy (non-hydrogen) atoms. The summed E-state index contributed by atoms with van der Waals surface area (Å²) in [6.45, 7) is 0.510. The number of nitrogens with one attached hydrogen (secondary N) is 2. The predicted molar refractivity (Wildman–Crippen MR) is 102 cm³/mol. The van der Waals surface area contributed by atoms with Crippen molar-refractivity contribution in [1.82, 2.24) is 20.4 Å². The van der Waals surface area contributed by atoms with Crippen LogP contribution in [0, 0.1) is 5.82 Å². The normalized spacial score (nSPS) is 10.4. The van der Waals surface area contributed by atoms with Crippen molar-refractivity contribution in [2.45, 2.75) is 0 Å². The number of benzene rings is 2. The number of amides is 2. The maximum Gasteiger partial charge on any atom is 0.271 e. The predicted octanol–water partition coefficient (Wildman–Crippen LogP) is 2.93. The van der Waals surface area contributed by atoms with Crippen LogP contribution in [0.3, 0.4) is 0 Å². The van der Waals surface area contributed by atoms with Crippen LogP contribution in [0.4, 0.5) is 4.39 Å². The summed E-state index contributed by atoms with van der Waals surface area (Å²) in [5.41, 5.74) is 0.953. The zero-order valence-electron chi connectivity index (χ0n) is 14.2. The van der Waals surface area contributed by atoms with E-state index in [0.29, 0.717) is 5.56 Å². The summed E-state index contributed by atoms with van der Waals surface area (Å²) in [6.07, 6.45) is 1.52. The van der Waals surface area contributed by atoms with Gasteiger partial charge in [-0.2, -0.15) is 5.10 Å². The Labute approximate surface area is 163 Å². The van der Waals surface area contributed by atoms with Gasteiger partial charge in [-0.25, -0.2) is 9.07 Å². The van der Waals surface area contributed by atoms with Crippen molar-refractivity contribution >= 4 is 27.7 Å². The summed E-state index contributed by atoms with van der Waals surface area (Å²) in [6, 6.07) is 14.7. The number of carbonyl (C=O) groups is 2. The molecule has 138 valence electrons. The molecule has 0 aliphatic heterocycles. The summed E-state index contributed by atoms with van der Waals surface area (Å²) in [4.78, 5) is 24.1. The van der Waals surface area contributed by atoms with E-state index in [2.05, 4.69) is 31.7 Å². The highest BCUT2D eigenvalue weighted by molar-refractivity contribution is 9.10. The first-order valence-corrected chi connectivity index (χ1v) is 8.96. The Morgan fingerprint density at radius 2 is 1.74 bits per heavy atom. The van der Waals surface area contributed by atoms with E-state index < -0.39 is 11.7 Å². The van der Waals surface area contributed by atoms with Crippen molar-refractivity contribution in [2.75, 3.05) is 13.1 Å². The Bertz CT molecular complexity index is 974. The monoisotopic (exact) mass is 430 g/mol. The lowest BCUT2D eigenvalue weighted by Gasteiger charge is -2.07. The molecule has 3 aromatic rings. The van der Waals surface area contributed by atoms with E-state index in [4.69, 9.17) is 0 Å². The van der Waals surface area contributed by atoms with E-state index in [1.807, 2.05) is 6.07 Å². The minimum absolute atomic E-state index is 0.163. The van der Waals surface area contributed by atoms with Gasteiger partial charge in [-0.1, -0.05) is 34.1 Å². The molecule has 6 nitrogen and oxygen atoms in total. The van der Waals surface area contributed by atoms with Gasteiger partial charge in [-0.05, 0) is 36.4 Å². The third kappa shape index (κ3) is 4.79. The molecule has 0 saturated carbocycles. The van der Waals surface area contributed by atoms with Crippen LogP contribution in [-0.4, -0.2) is 34.7 Å². The second-order valence-corrected chi connectivity index (χ2v) is 6.53. The Kier molecular flexibility index (Phi) is 5.97. The van der Waals surface area contributed by atoms with E-state index in [1.165, 1.54) is 23.0 Å². The minimum Gasteiger partial charge on any atom is -0.350 e. The number of para-hydroxylation sites is 1. The molecular formula is C19H16BrFN4O2. The van der Waals surface area contributed by atoms with Crippen molar-refractivity contribution in [2.24, 2.45) is 0 Å². The van der Waals surface area contributed by atoms with E-state index >= 15 is 0 Å². The fraction of sp³-hybridized carbons (Fsp3) is 0.105. The lowest BCUT2D eigenvalue weighted by atomic mass is 10.2. The Morgan fingerprint density at radius 1 is 1.00 bits per heavy atom. The standard InChI is InChI=1S/C19H16BrFN4O2/c20-14-5-3-4-13(12-14)18(26)22-9-10-23-19(27)16-8-11-25(24-16)17-7-2-1-6-15(17)21/h1-8,11-12H,9-10H2,(H,22,26)(H,23,27). The zero-order valence-corrected chi connectivity index (χ0v) is 15.7. The third-order valence-corrected chi connectivity index (χ3v) is 4.20. The summed E-state index contributed by atoms with van der Waals surface area (Å²) in [5.74, 6) is -1.06. The second kappa shape index (κ2) is 8.59. The molecule has 0 unspecified atom stereocenters. The van der Waals surface area contributed by atoms with Crippen molar-refractivity contribution in [3.05, 3.63) is 82.3 Å². The molecule has 8 heteroatoms. The molecule has 0 atom stereocenters. The van der Waals surface area contributed by atoms with E-state index in [-0.39, 0.29) is 30.4 Å². The van der Waals surface area contributed by atoms with Gasteiger partial charge in [0.2, 0.25) is 0 Å². The number of nitrogens with zero attached hydrogens (tertiary/aromatic N) is 2. The first-order valence-electron chi connectivity index (χ1n) is 8.17. The van der Waals surface area contributed by atoms with Gasteiger partial charge in [0.25, 0.3) is 11.8 Å². The van der Waals surface area contributed by atoms with Crippen molar-refractivity contribution in [1.29, 1.82) is 0 Å². The van der Waals surface area contributed by atoms with Gasteiger partial charge < -0.3 is 10.6 Å². The lowest BCUT2D eigenvalue weighted by Crippen LogP contribution is -2.34. The van der Waals surface area contributed by atoms with Crippen LogP contribution < -0.4 is 10.6 Å². The summed E-state index contributed by atoms with van der Waals surface area (Å²) >= 11 is 3.31. The minimum atomic E-state index is -0.428. The molecule has 0 bridgehead atoms. The Balaban J connectivity index is 1.50. The summed E-state index contributed by atoms with van der Waals surface area (Å²) in [5, 5.41) is 9.47. The van der Waals surface area contributed by atoms with E-state index in [0.717, 1.165) is 4.47 Å². The maximum absolute atomic E-state index is 13.8. The molecule has 3 rings (SSSR count). The van der Waals surface area contributed by atoms with Gasteiger partial charge in [0, 0.05) is 29.3 Å². The Hall–Kier alpha value is -3.00. The largest absolute Gasteiger partial charge is 0.350 e. The third-order valence-electron chi connectivity index (χ3n) is 3.70. The van der Waals surface area contributed by atoms with Gasteiger partial charge in [0.05, 0.1) is 0 Å². The van der Waals surface area contributed by atoms with Crippen LogP contribution >= 0.6 is 15.9 Å². The number of hydrogen-bond donors (Lipinski definition) is 2. The second-order valence-electron chi connectivity index (χ2n) is 5.62. The van der Waals surface area contributed by atoms with Crippen LogP contribution in [0.15, 0.2) is 65.3 Å². The van der Waals surface area contributed by atoms with Crippen LogP contribution in [0.2, 0.25) is 0 Å². The van der Waals surface area contributed by atoms with Gasteiger partial charge in [-0.3, -0.25) is 9.59 Å². The zero-order chi connectivity index (χ0) is 19.2. The van der Waals surface area contributed by atoms with Gasteiger partial charge in [-0.15, -0.1) is 0 Å². The van der Waals surface area contributed by atoms with Crippen molar-refractivity contribution in [3.63, 3.8) is 0 Å². The quantitative estimate of drug-likeness (QED) is 0.590. The van der Waals surface area contributed by atoms with Gasteiger partial charge in [0.15, 0.2) is 5.69 Å². The fourth-order valence-corrected chi connectivity index (χ4v) is 2.79. The first-order chi connectivity index (χ1) is 13.0. The van der Waals surface area contributed by atoms with Crippen molar-refractivity contribution < 1.29 is 14.0 Å². The SMILES string of the molecule is O=C(NCCNC(=O)c1ccn(-c2ccccc2F)n1)c1cccc(Br)c1. The molecule has 0 radical (unpaired) electrons. The molecule has 1 heterocycles. The Morgan fingerprint density at radius 3 is 2.48 bits per heavy atom. The first kappa shape index (κ1) is 18.8. The number of aromatic nitrogens is 2. The number of hydrogen-bond acceptors (Lipinski definition) is 3. The highest BCUT2D eigenvalue weighted by Gasteiger charge is 2.12. The average molecular weight is 431 g/mol. The van der Waals surface area contributed by atoms with Crippen molar-refractivity contribution in [3.8, 4) is 5.69 Å². The van der Waals surface area contributed by atoms with Gasteiger partial charge in [0.1, 0.15) is 11.5 Å². The molecule has 0 saturated heterocycles. The number of carbonyl (C=O) groups excluding carboxylic acids is 2. The molecule has 0 aliphatic rings. The number of halogens is 2. The van der Waals surface area contributed by atoms with Crippen LogP contribution in [0.25, 0.3) is 5.69 Å². The molecule has 2 N–H and O–H groups in total. The molecule has 2 aromatic carbocycles. The highest BCUT2D eigenvalue weighted by Crippen LogP contribution is 2.12. The molecule has 0 fully saturated rings. The van der Waals surface area contributed by atoms with E-state index in [9.17, 15) is 14.0 Å². The molecular weight excluding hydrogens is 415 g/mol. The highest BCUT2D eigenvalue weighted by atomic mass is 79.9. The fourth-order valence-electron chi connectivity index (χ4n) is 2.39. The summed E-state index contributed by atoms with van der Waals surface area (Å²) in [7, 11) is 0. The van der Waals surface area contributed by atoms with E-state index in [1.54, 1.807) is 36.4 Å². The smallest absolute Gasteiger partial charge is 0.271 e.